The van der Waals surface area contributed by atoms with Gasteiger partial charge in [-0.25, -0.2) is 0 Å². The maximum absolute atomic E-state index is 6.32. The molecule has 0 aliphatic carbocycles. The number of nitrogens with zero attached hydrogens (tertiary/aromatic N) is 2. The van der Waals surface area contributed by atoms with Gasteiger partial charge >= 0.3 is 0 Å². The van der Waals surface area contributed by atoms with Crippen LogP contribution in [0.15, 0.2) is 174 Å². The lowest BCUT2D eigenvalue weighted by molar-refractivity contribution is 0.669. The Bertz CT molecular complexity index is 3100. The molecule has 8 aromatic carbocycles. The summed E-state index contributed by atoms with van der Waals surface area (Å²) in [7, 11) is 0. The van der Waals surface area contributed by atoms with E-state index in [1.54, 1.807) is 0 Å². The largest absolute Gasteiger partial charge is 0.456 e. The van der Waals surface area contributed by atoms with Gasteiger partial charge in [-0.05, 0) is 77.2 Å². The number of aromatic nitrogens is 2. The molecule has 3 aromatic heterocycles. The molecule has 49 heavy (non-hydrogen) atoms. The summed E-state index contributed by atoms with van der Waals surface area (Å²) in [5, 5.41) is 9.76. The van der Waals surface area contributed by atoms with Gasteiger partial charge in [0.15, 0.2) is 0 Å². The molecule has 0 bridgehead atoms. The Balaban J connectivity index is 1.28. The fraction of sp³-hybridized carbons (Fsp3) is 0. The molecule has 3 nitrogen and oxygen atoms in total. The van der Waals surface area contributed by atoms with E-state index in [1.165, 1.54) is 65.5 Å². The molecule has 11 rings (SSSR count). The molecule has 3 heterocycles. The van der Waals surface area contributed by atoms with Gasteiger partial charge in [-0.3, -0.25) is 0 Å². The molecule has 0 spiro atoms. The van der Waals surface area contributed by atoms with E-state index in [4.69, 9.17) is 4.42 Å². The number of fused-ring (bicyclic) bond motifs is 11. The first-order valence-corrected chi connectivity index (χ1v) is 16.8. The fourth-order valence-electron chi connectivity index (χ4n) is 8.28. The molecule has 0 radical (unpaired) electrons. The third kappa shape index (κ3) is 3.67. The number of hydrogen-bond donors (Lipinski definition) is 0. The highest BCUT2D eigenvalue weighted by molar-refractivity contribution is 6.29. The number of benzene rings is 8. The predicted octanol–water partition coefficient (Wildman–Crippen LogP) is 12.6. The summed E-state index contributed by atoms with van der Waals surface area (Å²) in [6.07, 6.45) is 0. The first-order valence-electron chi connectivity index (χ1n) is 16.8. The van der Waals surface area contributed by atoms with Gasteiger partial charge < -0.3 is 13.6 Å². The lowest BCUT2D eigenvalue weighted by Crippen LogP contribution is -1.97. The Kier molecular flexibility index (Phi) is 5.38. The number of hydrogen-bond acceptors (Lipinski definition) is 1. The highest BCUT2D eigenvalue weighted by Crippen LogP contribution is 2.44. The first kappa shape index (κ1) is 26.5. The quantitative estimate of drug-likeness (QED) is 0.192. The minimum absolute atomic E-state index is 0.905. The van der Waals surface area contributed by atoms with Gasteiger partial charge in [-0.1, -0.05) is 109 Å². The van der Waals surface area contributed by atoms with E-state index in [9.17, 15) is 0 Å². The molecule has 11 aromatic rings. The molecule has 228 valence electrons. The zero-order chi connectivity index (χ0) is 32.1. The van der Waals surface area contributed by atoms with Gasteiger partial charge in [0.2, 0.25) is 0 Å². The van der Waals surface area contributed by atoms with Crippen LogP contribution in [0.4, 0.5) is 0 Å². The minimum Gasteiger partial charge on any atom is -0.456 e. The van der Waals surface area contributed by atoms with Crippen LogP contribution in [0.2, 0.25) is 0 Å². The van der Waals surface area contributed by atoms with Crippen LogP contribution in [-0.4, -0.2) is 9.13 Å². The summed E-state index contributed by atoms with van der Waals surface area (Å²) in [5.41, 5.74) is 11.3. The van der Waals surface area contributed by atoms with Crippen molar-refractivity contribution in [1.29, 1.82) is 0 Å². The molecular weight excluding hydrogens is 597 g/mol. The molecule has 0 saturated heterocycles. The van der Waals surface area contributed by atoms with Gasteiger partial charge in [0.1, 0.15) is 11.2 Å². The Morgan fingerprint density at radius 1 is 0.367 bits per heavy atom. The number of para-hydroxylation sites is 4. The van der Waals surface area contributed by atoms with Crippen LogP contribution in [0.1, 0.15) is 0 Å². The van der Waals surface area contributed by atoms with Crippen molar-refractivity contribution in [3.05, 3.63) is 170 Å². The summed E-state index contributed by atoms with van der Waals surface area (Å²) in [6, 6.07) is 61.3. The zero-order valence-corrected chi connectivity index (χ0v) is 26.5. The third-order valence-electron chi connectivity index (χ3n) is 10.3. The van der Waals surface area contributed by atoms with Crippen molar-refractivity contribution < 1.29 is 4.42 Å². The van der Waals surface area contributed by atoms with Gasteiger partial charge in [-0.2, -0.15) is 0 Å². The predicted molar refractivity (Wildman–Crippen MR) is 205 cm³/mol. The average molecular weight is 625 g/mol. The third-order valence-corrected chi connectivity index (χ3v) is 10.3. The summed E-state index contributed by atoms with van der Waals surface area (Å²) >= 11 is 0. The molecule has 0 aliphatic heterocycles. The van der Waals surface area contributed by atoms with E-state index in [0.29, 0.717) is 0 Å². The SMILES string of the molecule is c1ccc(-n2c3ccccc3c3c4c5ccccc5n(-c5cc(-c6cccc7oc8ccccc8c67)cc6ccccc56)c4ccc32)cc1. The normalized spacial score (nSPS) is 12.1. The Labute approximate surface area is 281 Å². The second-order valence-electron chi connectivity index (χ2n) is 12.9. The standard InChI is InChI=1S/C46H28N2O/c1-2-14-31(15-3-1)47-37-21-9-6-17-34(37)45-39(47)25-26-40-46(45)35-18-7-10-22-38(35)48(40)41-28-30(27-29-13-4-5-16-32(29)41)33-20-12-24-43-44(33)36-19-8-11-23-42(36)49-43/h1-28H. The maximum Gasteiger partial charge on any atom is 0.136 e. The average Bonchev–Trinajstić information content (AvgIpc) is 3.82. The van der Waals surface area contributed by atoms with Crippen LogP contribution in [0.25, 0.3) is 98.8 Å². The highest BCUT2D eigenvalue weighted by Gasteiger charge is 2.22. The van der Waals surface area contributed by atoms with Gasteiger partial charge in [0, 0.05) is 43.4 Å². The Hall–Kier alpha value is -6.58. The molecule has 0 aliphatic rings. The van der Waals surface area contributed by atoms with Crippen LogP contribution in [-0.2, 0) is 0 Å². The topological polar surface area (TPSA) is 23.0 Å². The van der Waals surface area contributed by atoms with Crippen molar-refractivity contribution in [2.24, 2.45) is 0 Å². The smallest absolute Gasteiger partial charge is 0.136 e. The lowest BCUT2D eigenvalue weighted by atomic mass is 9.96. The molecule has 3 heteroatoms. The Morgan fingerprint density at radius 3 is 1.73 bits per heavy atom. The minimum atomic E-state index is 0.905. The second-order valence-corrected chi connectivity index (χ2v) is 12.9. The van der Waals surface area contributed by atoms with Crippen LogP contribution in [0.5, 0.6) is 0 Å². The van der Waals surface area contributed by atoms with E-state index >= 15 is 0 Å². The highest BCUT2D eigenvalue weighted by atomic mass is 16.3. The van der Waals surface area contributed by atoms with E-state index in [1.807, 2.05) is 6.07 Å². The van der Waals surface area contributed by atoms with Gasteiger partial charge in [0.25, 0.3) is 0 Å². The lowest BCUT2D eigenvalue weighted by Gasteiger charge is -2.15. The molecule has 0 amide bonds. The van der Waals surface area contributed by atoms with Crippen molar-refractivity contribution in [1.82, 2.24) is 9.13 Å². The molecule has 0 saturated carbocycles. The van der Waals surface area contributed by atoms with E-state index in [-0.39, 0.29) is 0 Å². The van der Waals surface area contributed by atoms with E-state index < -0.39 is 0 Å². The first-order chi connectivity index (χ1) is 24.3. The summed E-state index contributed by atoms with van der Waals surface area (Å²) in [4.78, 5) is 0. The molecule has 0 atom stereocenters. The zero-order valence-electron chi connectivity index (χ0n) is 26.5. The van der Waals surface area contributed by atoms with Crippen molar-refractivity contribution in [2.45, 2.75) is 0 Å². The monoisotopic (exact) mass is 624 g/mol. The van der Waals surface area contributed by atoms with E-state index in [2.05, 4.69) is 173 Å². The Morgan fingerprint density at radius 2 is 0.959 bits per heavy atom. The van der Waals surface area contributed by atoms with Crippen LogP contribution >= 0.6 is 0 Å². The van der Waals surface area contributed by atoms with Crippen molar-refractivity contribution in [3.63, 3.8) is 0 Å². The van der Waals surface area contributed by atoms with Crippen molar-refractivity contribution in [2.75, 3.05) is 0 Å². The maximum atomic E-state index is 6.32. The summed E-state index contributed by atoms with van der Waals surface area (Å²) < 4.78 is 11.2. The van der Waals surface area contributed by atoms with E-state index in [0.717, 1.165) is 33.3 Å². The second kappa shape index (κ2) is 9.96. The van der Waals surface area contributed by atoms with Gasteiger partial charge in [0.05, 0.1) is 27.8 Å². The fourth-order valence-corrected chi connectivity index (χ4v) is 8.28. The summed E-state index contributed by atoms with van der Waals surface area (Å²) in [5.74, 6) is 0. The van der Waals surface area contributed by atoms with Crippen molar-refractivity contribution >= 4 is 76.3 Å². The summed E-state index contributed by atoms with van der Waals surface area (Å²) in [6.45, 7) is 0. The molecule has 0 N–H and O–H groups in total. The van der Waals surface area contributed by atoms with Gasteiger partial charge in [-0.15, -0.1) is 0 Å². The van der Waals surface area contributed by atoms with Crippen molar-refractivity contribution in [3.8, 4) is 22.5 Å². The number of furan rings is 1. The molecular formula is C46H28N2O. The van der Waals surface area contributed by atoms with Crippen LogP contribution in [0, 0.1) is 0 Å². The molecule has 0 unspecified atom stereocenters. The van der Waals surface area contributed by atoms with Crippen LogP contribution < -0.4 is 0 Å². The molecule has 0 fully saturated rings. The number of rotatable bonds is 3. The van der Waals surface area contributed by atoms with Crippen LogP contribution in [0.3, 0.4) is 0 Å².